The summed E-state index contributed by atoms with van der Waals surface area (Å²) in [6.45, 7) is 10.9. The number of likely N-dealkylation sites (tertiary alicyclic amines) is 1. The van der Waals surface area contributed by atoms with Crippen molar-refractivity contribution >= 4 is 6.09 Å². The van der Waals surface area contributed by atoms with E-state index in [-0.39, 0.29) is 12.1 Å². The second-order valence-electron chi connectivity index (χ2n) is 7.81. The van der Waals surface area contributed by atoms with Crippen molar-refractivity contribution in [1.29, 1.82) is 0 Å². The minimum absolute atomic E-state index is 0.165. The molecule has 5 nitrogen and oxygen atoms in total. The molecule has 2 rings (SSSR count). The van der Waals surface area contributed by atoms with Gasteiger partial charge in [0.15, 0.2) is 0 Å². The van der Waals surface area contributed by atoms with Crippen molar-refractivity contribution in [2.75, 3.05) is 19.6 Å². The summed E-state index contributed by atoms with van der Waals surface area (Å²) in [5.41, 5.74) is -0.418. The lowest BCUT2D eigenvalue weighted by molar-refractivity contribution is 0.0224. The molecule has 128 valence electrons. The summed E-state index contributed by atoms with van der Waals surface area (Å²) in [6, 6.07) is 1.42. The Morgan fingerprint density at radius 3 is 2.77 bits per heavy atom. The highest BCUT2D eigenvalue weighted by Crippen LogP contribution is 2.20. The van der Waals surface area contributed by atoms with E-state index >= 15 is 0 Å². The number of nitrogens with zero attached hydrogens (tertiary/aromatic N) is 1. The first-order valence-corrected chi connectivity index (χ1v) is 8.81. The van der Waals surface area contributed by atoms with Gasteiger partial charge >= 0.3 is 6.09 Å². The third-order valence-corrected chi connectivity index (χ3v) is 4.51. The van der Waals surface area contributed by atoms with Crippen LogP contribution in [0.1, 0.15) is 59.8 Å². The van der Waals surface area contributed by atoms with Crippen LogP contribution in [-0.2, 0) is 4.74 Å². The van der Waals surface area contributed by atoms with E-state index in [0.717, 1.165) is 32.5 Å². The van der Waals surface area contributed by atoms with Crippen LogP contribution >= 0.6 is 0 Å². The van der Waals surface area contributed by atoms with Gasteiger partial charge in [0, 0.05) is 31.2 Å². The standard InChI is InChI=1S/C17H33N3O2/c1-13(11-14-7-5-9-18-14)19-12-15-8-6-10-20(15)16(21)22-17(2,3)4/h13-15,18-19H,5-12H2,1-4H3. The zero-order chi connectivity index (χ0) is 16.2. The van der Waals surface area contributed by atoms with Crippen molar-refractivity contribution < 1.29 is 9.53 Å². The molecule has 5 heteroatoms. The fourth-order valence-corrected chi connectivity index (χ4v) is 3.41. The van der Waals surface area contributed by atoms with E-state index in [1.807, 2.05) is 25.7 Å². The number of rotatable bonds is 5. The summed E-state index contributed by atoms with van der Waals surface area (Å²) in [5, 5.41) is 7.15. The van der Waals surface area contributed by atoms with E-state index in [9.17, 15) is 4.79 Å². The van der Waals surface area contributed by atoms with Gasteiger partial charge in [-0.1, -0.05) is 0 Å². The van der Waals surface area contributed by atoms with E-state index in [4.69, 9.17) is 4.74 Å². The first-order chi connectivity index (χ1) is 10.3. The van der Waals surface area contributed by atoms with Crippen molar-refractivity contribution in [1.82, 2.24) is 15.5 Å². The van der Waals surface area contributed by atoms with Crippen LogP contribution in [-0.4, -0.2) is 54.4 Å². The molecule has 2 heterocycles. The van der Waals surface area contributed by atoms with Crippen molar-refractivity contribution in [2.45, 2.75) is 83.5 Å². The lowest BCUT2D eigenvalue weighted by Crippen LogP contribution is -2.46. The lowest BCUT2D eigenvalue weighted by Gasteiger charge is -2.29. The largest absolute Gasteiger partial charge is 0.444 e. The quantitative estimate of drug-likeness (QED) is 0.819. The molecule has 0 aromatic carbocycles. The Hall–Kier alpha value is -0.810. The molecule has 2 fully saturated rings. The van der Waals surface area contributed by atoms with Crippen molar-refractivity contribution in [3.8, 4) is 0 Å². The fourth-order valence-electron chi connectivity index (χ4n) is 3.41. The molecule has 3 unspecified atom stereocenters. The van der Waals surface area contributed by atoms with Crippen LogP contribution in [0, 0.1) is 0 Å². The second kappa shape index (κ2) is 7.64. The Bertz CT molecular complexity index is 361. The number of hydrogen-bond donors (Lipinski definition) is 2. The van der Waals surface area contributed by atoms with Crippen LogP contribution in [0.3, 0.4) is 0 Å². The van der Waals surface area contributed by atoms with Gasteiger partial charge in [0.05, 0.1) is 0 Å². The van der Waals surface area contributed by atoms with E-state index in [1.54, 1.807) is 0 Å². The van der Waals surface area contributed by atoms with Gasteiger partial charge in [-0.25, -0.2) is 4.79 Å². The lowest BCUT2D eigenvalue weighted by atomic mass is 10.1. The number of ether oxygens (including phenoxy) is 1. The maximum absolute atomic E-state index is 12.3. The molecule has 2 aliphatic heterocycles. The Balaban J connectivity index is 1.74. The van der Waals surface area contributed by atoms with E-state index in [2.05, 4.69) is 17.6 Å². The normalized spacial score (nSPS) is 27.2. The second-order valence-corrected chi connectivity index (χ2v) is 7.81. The van der Waals surface area contributed by atoms with Gasteiger partial charge < -0.3 is 20.3 Å². The number of nitrogens with one attached hydrogen (secondary N) is 2. The highest BCUT2D eigenvalue weighted by atomic mass is 16.6. The molecule has 0 aromatic heterocycles. The van der Waals surface area contributed by atoms with E-state index < -0.39 is 5.60 Å². The smallest absolute Gasteiger partial charge is 0.410 e. The van der Waals surface area contributed by atoms with Gasteiger partial charge in [-0.2, -0.15) is 0 Å². The third-order valence-electron chi connectivity index (χ3n) is 4.51. The van der Waals surface area contributed by atoms with Crippen molar-refractivity contribution in [3.63, 3.8) is 0 Å². The molecule has 0 spiro atoms. The molecule has 0 bridgehead atoms. The maximum Gasteiger partial charge on any atom is 0.410 e. The van der Waals surface area contributed by atoms with Crippen molar-refractivity contribution in [3.05, 3.63) is 0 Å². The minimum Gasteiger partial charge on any atom is -0.444 e. The molecule has 0 radical (unpaired) electrons. The van der Waals surface area contributed by atoms with Crippen LogP contribution in [0.25, 0.3) is 0 Å². The number of amides is 1. The first kappa shape index (κ1) is 17.5. The average molecular weight is 311 g/mol. The summed E-state index contributed by atoms with van der Waals surface area (Å²) >= 11 is 0. The number of carbonyl (C=O) groups excluding carboxylic acids is 1. The van der Waals surface area contributed by atoms with Gasteiger partial charge in [-0.3, -0.25) is 0 Å². The SMILES string of the molecule is CC(CC1CCCN1)NCC1CCCN1C(=O)OC(C)(C)C. The van der Waals surface area contributed by atoms with Gasteiger partial charge in [0.25, 0.3) is 0 Å². The van der Waals surface area contributed by atoms with Crippen LogP contribution < -0.4 is 10.6 Å². The Labute approximate surface area is 135 Å². The molecule has 1 amide bonds. The van der Waals surface area contributed by atoms with Gasteiger partial charge in [0.2, 0.25) is 0 Å². The Kier molecular flexibility index (Phi) is 6.09. The third kappa shape index (κ3) is 5.43. The molecular formula is C17H33N3O2. The molecule has 0 aromatic rings. The van der Waals surface area contributed by atoms with Gasteiger partial charge in [0.1, 0.15) is 5.60 Å². The molecule has 2 aliphatic rings. The summed E-state index contributed by atoms with van der Waals surface area (Å²) in [7, 11) is 0. The monoisotopic (exact) mass is 311 g/mol. The first-order valence-electron chi connectivity index (χ1n) is 8.81. The molecule has 3 atom stereocenters. The molecule has 2 saturated heterocycles. The number of carbonyl (C=O) groups is 1. The zero-order valence-electron chi connectivity index (χ0n) is 14.7. The summed E-state index contributed by atoms with van der Waals surface area (Å²) < 4.78 is 5.52. The molecule has 0 saturated carbocycles. The predicted molar refractivity (Wildman–Crippen MR) is 89.1 cm³/mol. The van der Waals surface area contributed by atoms with Crippen LogP contribution in [0.4, 0.5) is 4.79 Å². The maximum atomic E-state index is 12.3. The molecule has 0 aliphatic carbocycles. The van der Waals surface area contributed by atoms with Gasteiger partial charge in [-0.15, -0.1) is 0 Å². The van der Waals surface area contributed by atoms with Crippen molar-refractivity contribution in [2.24, 2.45) is 0 Å². The Morgan fingerprint density at radius 2 is 2.14 bits per heavy atom. The van der Waals surface area contributed by atoms with Gasteiger partial charge in [-0.05, 0) is 66.3 Å². The number of hydrogen-bond acceptors (Lipinski definition) is 4. The topological polar surface area (TPSA) is 53.6 Å². The average Bonchev–Trinajstić information content (AvgIpc) is 3.04. The molecule has 2 N–H and O–H groups in total. The Morgan fingerprint density at radius 1 is 1.36 bits per heavy atom. The minimum atomic E-state index is -0.418. The predicted octanol–water partition coefficient (Wildman–Crippen LogP) is 2.51. The summed E-state index contributed by atoms with van der Waals surface area (Å²) in [5.74, 6) is 0. The highest BCUT2D eigenvalue weighted by Gasteiger charge is 2.32. The fraction of sp³-hybridized carbons (Fsp3) is 0.941. The summed E-state index contributed by atoms with van der Waals surface area (Å²) in [4.78, 5) is 14.2. The van der Waals surface area contributed by atoms with Crippen LogP contribution in [0.5, 0.6) is 0 Å². The van der Waals surface area contributed by atoms with E-state index in [0.29, 0.717) is 12.1 Å². The molecular weight excluding hydrogens is 278 g/mol. The zero-order valence-corrected chi connectivity index (χ0v) is 14.7. The molecule has 22 heavy (non-hydrogen) atoms. The van der Waals surface area contributed by atoms with E-state index in [1.165, 1.54) is 19.3 Å². The summed E-state index contributed by atoms with van der Waals surface area (Å²) in [6.07, 6.45) is 5.73. The van der Waals surface area contributed by atoms with Crippen LogP contribution in [0.15, 0.2) is 0 Å². The van der Waals surface area contributed by atoms with Crippen LogP contribution in [0.2, 0.25) is 0 Å². The highest BCUT2D eigenvalue weighted by molar-refractivity contribution is 5.69.